The summed E-state index contributed by atoms with van der Waals surface area (Å²) < 4.78 is 24.8. The van der Waals surface area contributed by atoms with Crippen molar-refractivity contribution >= 4 is 0 Å². The zero-order valence-corrected chi connectivity index (χ0v) is 16.9. The summed E-state index contributed by atoms with van der Waals surface area (Å²) in [4.78, 5) is 0. The molecule has 1 heterocycles. The lowest BCUT2D eigenvalue weighted by atomic mass is 9.90. The SMILES string of the molecule is CCCCOC[C@H]1OC(CCN)[C@](C)(OCCCC)[C@@H]1OCCCC. The Morgan fingerprint density at radius 3 is 2.24 bits per heavy atom. The molecule has 150 valence electrons. The van der Waals surface area contributed by atoms with E-state index in [1.165, 1.54) is 0 Å². The van der Waals surface area contributed by atoms with Crippen molar-refractivity contribution < 1.29 is 18.9 Å². The van der Waals surface area contributed by atoms with Gasteiger partial charge in [0.05, 0.1) is 12.7 Å². The average Bonchev–Trinajstić information content (AvgIpc) is 2.85. The molecule has 1 rings (SSSR count). The molecule has 0 spiro atoms. The van der Waals surface area contributed by atoms with Crippen LogP contribution >= 0.6 is 0 Å². The molecular formula is C20H41NO4. The first-order chi connectivity index (χ1) is 12.1. The molecule has 4 atom stereocenters. The maximum Gasteiger partial charge on any atom is 0.120 e. The minimum absolute atomic E-state index is 0.0410. The van der Waals surface area contributed by atoms with E-state index in [1.807, 2.05) is 0 Å². The third-order valence-electron chi connectivity index (χ3n) is 4.94. The molecule has 0 aromatic rings. The summed E-state index contributed by atoms with van der Waals surface area (Å²) in [6.07, 6.45) is 7.08. The molecule has 0 radical (unpaired) electrons. The van der Waals surface area contributed by atoms with Crippen LogP contribution in [0.25, 0.3) is 0 Å². The van der Waals surface area contributed by atoms with Crippen molar-refractivity contribution in [1.82, 2.24) is 0 Å². The first-order valence-corrected chi connectivity index (χ1v) is 10.3. The molecule has 0 bridgehead atoms. The van der Waals surface area contributed by atoms with Crippen LogP contribution in [0, 0.1) is 0 Å². The fourth-order valence-corrected chi connectivity index (χ4v) is 3.29. The number of hydrogen-bond donors (Lipinski definition) is 1. The fraction of sp³-hybridized carbons (Fsp3) is 1.00. The van der Waals surface area contributed by atoms with Gasteiger partial charge in [-0.05, 0) is 39.2 Å². The number of ether oxygens (including phenoxy) is 4. The summed E-state index contributed by atoms with van der Waals surface area (Å²) in [5, 5.41) is 0. The Morgan fingerprint density at radius 1 is 0.960 bits per heavy atom. The van der Waals surface area contributed by atoms with Crippen molar-refractivity contribution in [3.05, 3.63) is 0 Å². The summed E-state index contributed by atoms with van der Waals surface area (Å²) in [7, 11) is 0. The van der Waals surface area contributed by atoms with Gasteiger partial charge in [0.25, 0.3) is 0 Å². The van der Waals surface area contributed by atoms with Crippen molar-refractivity contribution in [3.63, 3.8) is 0 Å². The Morgan fingerprint density at radius 2 is 1.60 bits per heavy atom. The fourth-order valence-electron chi connectivity index (χ4n) is 3.29. The molecule has 0 amide bonds. The second kappa shape index (κ2) is 13.0. The van der Waals surface area contributed by atoms with Crippen molar-refractivity contribution in [2.75, 3.05) is 33.0 Å². The van der Waals surface area contributed by atoms with Crippen LogP contribution in [0.2, 0.25) is 0 Å². The van der Waals surface area contributed by atoms with Gasteiger partial charge in [-0.1, -0.05) is 40.0 Å². The first-order valence-electron chi connectivity index (χ1n) is 10.3. The molecular weight excluding hydrogens is 318 g/mol. The Bertz CT molecular complexity index is 329. The van der Waals surface area contributed by atoms with Gasteiger partial charge in [0.1, 0.15) is 17.8 Å². The van der Waals surface area contributed by atoms with E-state index in [0.717, 1.165) is 64.8 Å². The van der Waals surface area contributed by atoms with E-state index in [4.69, 9.17) is 24.7 Å². The summed E-state index contributed by atoms with van der Waals surface area (Å²) in [5.41, 5.74) is 5.37. The van der Waals surface area contributed by atoms with Gasteiger partial charge < -0.3 is 24.7 Å². The number of unbranched alkanes of at least 4 members (excludes halogenated alkanes) is 3. The van der Waals surface area contributed by atoms with Crippen molar-refractivity contribution in [2.24, 2.45) is 5.73 Å². The molecule has 5 heteroatoms. The highest BCUT2D eigenvalue weighted by Crippen LogP contribution is 2.38. The van der Waals surface area contributed by atoms with Gasteiger partial charge in [-0.2, -0.15) is 0 Å². The van der Waals surface area contributed by atoms with E-state index in [9.17, 15) is 0 Å². The molecule has 0 aliphatic carbocycles. The lowest BCUT2D eigenvalue weighted by Crippen LogP contribution is -2.50. The highest BCUT2D eigenvalue weighted by Gasteiger charge is 2.54. The lowest BCUT2D eigenvalue weighted by molar-refractivity contribution is -0.137. The van der Waals surface area contributed by atoms with Crippen LogP contribution in [-0.2, 0) is 18.9 Å². The van der Waals surface area contributed by atoms with Crippen LogP contribution in [0.3, 0.4) is 0 Å². The topological polar surface area (TPSA) is 62.9 Å². The maximum absolute atomic E-state index is 6.34. The summed E-state index contributed by atoms with van der Waals surface area (Å²) in [6.45, 7) is 12.0. The molecule has 1 fully saturated rings. The van der Waals surface area contributed by atoms with E-state index in [0.29, 0.717) is 13.2 Å². The van der Waals surface area contributed by atoms with Crippen LogP contribution in [0.4, 0.5) is 0 Å². The van der Waals surface area contributed by atoms with Crippen molar-refractivity contribution in [1.29, 1.82) is 0 Å². The smallest absolute Gasteiger partial charge is 0.120 e. The molecule has 0 aromatic carbocycles. The normalized spacial score (nSPS) is 29.4. The van der Waals surface area contributed by atoms with E-state index >= 15 is 0 Å². The minimum Gasteiger partial charge on any atom is -0.379 e. The van der Waals surface area contributed by atoms with Gasteiger partial charge in [-0.15, -0.1) is 0 Å². The number of nitrogens with two attached hydrogens (primary N) is 1. The molecule has 0 saturated carbocycles. The maximum atomic E-state index is 6.34. The molecule has 1 aliphatic heterocycles. The Hall–Kier alpha value is -0.200. The zero-order chi connectivity index (χ0) is 18.5. The predicted octanol–water partition coefficient (Wildman–Crippen LogP) is 3.68. The summed E-state index contributed by atoms with van der Waals surface area (Å²) >= 11 is 0. The van der Waals surface area contributed by atoms with E-state index in [2.05, 4.69) is 27.7 Å². The Labute approximate surface area is 154 Å². The molecule has 1 aliphatic rings. The van der Waals surface area contributed by atoms with Crippen molar-refractivity contribution in [3.8, 4) is 0 Å². The van der Waals surface area contributed by atoms with Gasteiger partial charge in [-0.25, -0.2) is 0 Å². The van der Waals surface area contributed by atoms with Crippen LogP contribution in [-0.4, -0.2) is 56.9 Å². The molecule has 25 heavy (non-hydrogen) atoms. The number of rotatable bonds is 15. The summed E-state index contributed by atoms with van der Waals surface area (Å²) in [6, 6.07) is 0. The Kier molecular flexibility index (Phi) is 11.9. The highest BCUT2D eigenvalue weighted by atomic mass is 16.6. The standard InChI is InChI=1S/C20H41NO4/c1-5-8-13-22-16-17-19(23-14-9-6-2)20(4,24-15-10-7-3)18(25-17)11-12-21/h17-19H,5-16,21H2,1-4H3/t17-,18?,19-,20+/m1/s1. The van der Waals surface area contributed by atoms with Crippen LogP contribution in [0.15, 0.2) is 0 Å². The van der Waals surface area contributed by atoms with Crippen LogP contribution in [0.5, 0.6) is 0 Å². The Balaban J connectivity index is 2.78. The van der Waals surface area contributed by atoms with Gasteiger partial charge in [0, 0.05) is 19.8 Å². The lowest BCUT2D eigenvalue weighted by Gasteiger charge is -2.35. The second-order valence-electron chi connectivity index (χ2n) is 7.20. The highest BCUT2D eigenvalue weighted by molar-refractivity contribution is 5.03. The largest absolute Gasteiger partial charge is 0.379 e. The zero-order valence-electron chi connectivity index (χ0n) is 16.9. The molecule has 5 nitrogen and oxygen atoms in total. The van der Waals surface area contributed by atoms with Gasteiger partial charge in [-0.3, -0.25) is 0 Å². The first kappa shape index (κ1) is 22.8. The molecule has 1 saturated heterocycles. The van der Waals surface area contributed by atoms with Gasteiger partial charge in [0.15, 0.2) is 0 Å². The molecule has 2 N–H and O–H groups in total. The van der Waals surface area contributed by atoms with Crippen molar-refractivity contribution in [2.45, 2.75) is 96.6 Å². The monoisotopic (exact) mass is 359 g/mol. The minimum atomic E-state index is -0.457. The second-order valence-corrected chi connectivity index (χ2v) is 7.20. The third-order valence-corrected chi connectivity index (χ3v) is 4.94. The van der Waals surface area contributed by atoms with Gasteiger partial charge >= 0.3 is 0 Å². The van der Waals surface area contributed by atoms with Crippen LogP contribution < -0.4 is 5.73 Å². The van der Waals surface area contributed by atoms with E-state index in [-0.39, 0.29) is 18.3 Å². The molecule has 1 unspecified atom stereocenters. The summed E-state index contributed by atoms with van der Waals surface area (Å²) in [5.74, 6) is 0. The molecule has 0 aromatic heterocycles. The van der Waals surface area contributed by atoms with Gasteiger partial charge in [0.2, 0.25) is 0 Å². The van der Waals surface area contributed by atoms with Crippen LogP contribution in [0.1, 0.15) is 72.6 Å². The van der Waals surface area contributed by atoms with E-state index in [1.54, 1.807) is 0 Å². The number of hydrogen-bond acceptors (Lipinski definition) is 5. The predicted molar refractivity (Wildman–Crippen MR) is 102 cm³/mol. The van der Waals surface area contributed by atoms with E-state index < -0.39 is 5.60 Å². The quantitative estimate of drug-likeness (QED) is 0.452. The average molecular weight is 360 g/mol. The third kappa shape index (κ3) is 7.14.